The summed E-state index contributed by atoms with van der Waals surface area (Å²) in [5.41, 5.74) is 0. The molecule has 0 N–H and O–H groups in total. The van der Waals surface area contributed by atoms with E-state index in [0.717, 1.165) is 19.5 Å². The predicted molar refractivity (Wildman–Crippen MR) is 49.6 cm³/mol. The van der Waals surface area contributed by atoms with Crippen LogP contribution >= 0.6 is 11.8 Å². The molecule has 0 aromatic heterocycles. The SMILES string of the molecule is CC(=O)N1CCC2S[C]=CC2C1. The molecule has 1 fully saturated rings. The number of carbonyl (C=O) groups excluding carboxylic acids is 1. The minimum absolute atomic E-state index is 0.207. The van der Waals surface area contributed by atoms with Gasteiger partial charge in [0.25, 0.3) is 0 Å². The number of rotatable bonds is 0. The number of carbonyl (C=O) groups is 1. The Bertz CT molecular complexity index is 227. The van der Waals surface area contributed by atoms with Crippen LogP contribution in [0.25, 0.3) is 0 Å². The third kappa shape index (κ3) is 1.38. The van der Waals surface area contributed by atoms with Gasteiger partial charge in [-0.05, 0) is 6.42 Å². The Balaban J connectivity index is 2.00. The van der Waals surface area contributed by atoms with Crippen LogP contribution in [-0.4, -0.2) is 29.1 Å². The standard InChI is InChI=1S/C9H12NOS/c1-7(11)10-4-2-9-8(6-10)3-5-12-9/h3,8-9H,2,4,6H2,1H3. The Morgan fingerprint density at radius 2 is 2.58 bits per heavy atom. The third-order valence-corrected chi connectivity index (χ3v) is 3.70. The van der Waals surface area contributed by atoms with Crippen molar-refractivity contribution < 1.29 is 4.79 Å². The first-order valence-electron chi connectivity index (χ1n) is 4.27. The minimum Gasteiger partial charge on any atom is -0.342 e. The lowest BCUT2D eigenvalue weighted by Gasteiger charge is -2.33. The summed E-state index contributed by atoms with van der Waals surface area (Å²) < 4.78 is 0. The summed E-state index contributed by atoms with van der Waals surface area (Å²) in [7, 11) is 0. The molecule has 0 spiro atoms. The number of thioether (sulfide) groups is 1. The van der Waals surface area contributed by atoms with Gasteiger partial charge >= 0.3 is 0 Å². The van der Waals surface area contributed by atoms with E-state index < -0.39 is 0 Å². The Kier molecular flexibility index (Phi) is 2.13. The Morgan fingerprint density at radius 3 is 3.33 bits per heavy atom. The maximum absolute atomic E-state index is 11.1. The van der Waals surface area contributed by atoms with Gasteiger partial charge in [-0.25, -0.2) is 0 Å². The zero-order valence-electron chi connectivity index (χ0n) is 7.12. The highest BCUT2D eigenvalue weighted by atomic mass is 32.2. The molecule has 2 aliphatic rings. The van der Waals surface area contributed by atoms with E-state index in [1.165, 1.54) is 0 Å². The minimum atomic E-state index is 0.207. The van der Waals surface area contributed by atoms with E-state index in [1.807, 2.05) is 4.90 Å². The summed E-state index contributed by atoms with van der Waals surface area (Å²) in [5, 5.41) is 3.87. The third-order valence-electron chi connectivity index (χ3n) is 2.54. The molecule has 0 saturated carbocycles. The van der Waals surface area contributed by atoms with Crippen molar-refractivity contribution in [2.45, 2.75) is 18.6 Å². The molecule has 65 valence electrons. The molecule has 2 rings (SSSR count). The van der Waals surface area contributed by atoms with Crippen molar-refractivity contribution in [2.24, 2.45) is 5.92 Å². The highest BCUT2D eigenvalue weighted by Crippen LogP contribution is 2.34. The molecule has 2 unspecified atom stereocenters. The second-order valence-electron chi connectivity index (χ2n) is 3.36. The topological polar surface area (TPSA) is 20.3 Å². The Labute approximate surface area is 77.0 Å². The smallest absolute Gasteiger partial charge is 0.219 e. The van der Waals surface area contributed by atoms with Gasteiger partial charge in [0.2, 0.25) is 5.91 Å². The fourth-order valence-electron chi connectivity index (χ4n) is 1.77. The highest BCUT2D eigenvalue weighted by molar-refractivity contribution is 8.01. The number of likely N-dealkylation sites (tertiary alicyclic amines) is 1. The van der Waals surface area contributed by atoms with Crippen molar-refractivity contribution in [3.63, 3.8) is 0 Å². The second kappa shape index (κ2) is 3.13. The van der Waals surface area contributed by atoms with Crippen molar-refractivity contribution in [3.8, 4) is 0 Å². The van der Waals surface area contributed by atoms with Gasteiger partial charge in [-0.3, -0.25) is 4.79 Å². The maximum atomic E-state index is 11.1. The normalized spacial score (nSPS) is 33.6. The summed E-state index contributed by atoms with van der Waals surface area (Å²) in [6.07, 6.45) is 3.24. The molecule has 2 atom stereocenters. The molecule has 1 saturated heterocycles. The van der Waals surface area contributed by atoms with Crippen LogP contribution in [0.1, 0.15) is 13.3 Å². The van der Waals surface area contributed by atoms with Crippen molar-refractivity contribution in [1.82, 2.24) is 4.90 Å². The van der Waals surface area contributed by atoms with Crippen LogP contribution in [0.5, 0.6) is 0 Å². The second-order valence-corrected chi connectivity index (χ2v) is 4.44. The molecule has 0 aromatic carbocycles. The van der Waals surface area contributed by atoms with Crippen LogP contribution in [0.2, 0.25) is 0 Å². The fraction of sp³-hybridized carbons (Fsp3) is 0.667. The van der Waals surface area contributed by atoms with Crippen molar-refractivity contribution in [3.05, 3.63) is 11.5 Å². The average Bonchev–Trinajstić information content (AvgIpc) is 2.49. The summed E-state index contributed by atoms with van der Waals surface area (Å²) >= 11 is 1.80. The molecule has 3 heteroatoms. The molecule has 2 heterocycles. The van der Waals surface area contributed by atoms with Gasteiger partial charge in [-0.2, -0.15) is 0 Å². The first kappa shape index (κ1) is 8.17. The molecule has 2 nitrogen and oxygen atoms in total. The molecular formula is C9H12NOS. The Hall–Kier alpha value is -0.440. The van der Waals surface area contributed by atoms with Gasteiger partial charge in [-0.15, -0.1) is 11.8 Å². The number of hydrogen-bond acceptors (Lipinski definition) is 2. The lowest BCUT2D eigenvalue weighted by molar-refractivity contribution is -0.130. The van der Waals surface area contributed by atoms with E-state index in [2.05, 4.69) is 11.5 Å². The molecule has 0 bridgehead atoms. The number of amides is 1. The lowest BCUT2D eigenvalue weighted by atomic mass is 9.98. The largest absolute Gasteiger partial charge is 0.342 e. The van der Waals surface area contributed by atoms with Crippen LogP contribution in [0.15, 0.2) is 6.08 Å². The summed E-state index contributed by atoms with van der Waals surface area (Å²) in [6, 6.07) is 0. The maximum Gasteiger partial charge on any atom is 0.219 e. The zero-order chi connectivity index (χ0) is 8.55. The summed E-state index contributed by atoms with van der Waals surface area (Å²) in [4.78, 5) is 13.0. The van der Waals surface area contributed by atoms with Gasteiger partial charge in [0.1, 0.15) is 0 Å². The van der Waals surface area contributed by atoms with Crippen LogP contribution in [0.3, 0.4) is 0 Å². The average molecular weight is 182 g/mol. The molecule has 1 radical (unpaired) electrons. The van der Waals surface area contributed by atoms with Gasteiger partial charge in [-0.1, -0.05) is 6.08 Å². The molecule has 0 aromatic rings. The summed E-state index contributed by atoms with van der Waals surface area (Å²) in [6.45, 7) is 3.48. The number of fused-ring (bicyclic) bond motifs is 1. The van der Waals surface area contributed by atoms with Crippen molar-refractivity contribution in [1.29, 1.82) is 0 Å². The molecule has 2 aliphatic heterocycles. The zero-order valence-corrected chi connectivity index (χ0v) is 7.93. The predicted octanol–water partition coefficient (Wildman–Crippen LogP) is 1.29. The Morgan fingerprint density at radius 1 is 1.75 bits per heavy atom. The number of piperidine rings is 1. The molecule has 0 aliphatic carbocycles. The molecule has 1 amide bonds. The number of hydrogen-bond donors (Lipinski definition) is 0. The van der Waals surface area contributed by atoms with E-state index in [-0.39, 0.29) is 5.91 Å². The number of nitrogens with zero attached hydrogens (tertiary/aromatic N) is 1. The van der Waals surface area contributed by atoms with E-state index in [9.17, 15) is 4.79 Å². The highest BCUT2D eigenvalue weighted by Gasteiger charge is 2.31. The van der Waals surface area contributed by atoms with Crippen molar-refractivity contribution in [2.75, 3.05) is 13.1 Å². The lowest BCUT2D eigenvalue weighted by Crippen LogP contribution is -2.42. The summed E-state index contributed by atoms with van der Waals surface area (Å²) in [5.74, 6) is 0.770. The van der Waals surface area contributed by atoms with Crippen molar-refractivity contribution >= 4 is 17.7 Å². The molecular weight excluding hydrogens is 170 g/mol. The first-order valence-corrected chi connectivity index (χ1v) is 5.15. The van der Waals surface area contributed by atoms with Gasteiger partial charge < -0.3 is 4.90 Å². The fourth-order valence-corrected chi connectivity index (χ4v) is 2.76. The van der Waals surface area contributed by atoms with E-state index in [1.54, 1.807) is 18.7 Å². The van der Waals surface area contributed by atoms with Gasteiger partial charge in [0, 0.05) is 36.6 Å². The van der Waals surface area contributed by atoms with Crippen LogP contribution in [0.4, 0.5) is 0 Å². The van der Waals surface area contributed by atoms with Crippen LogP contribution in [-0.2, 0) is 4.79 Å². The van der Waals surface area contributed by atoms with Gasteiger partial charge in [0.05, 0.1) is 0 Å². The first-order chi connectivity index (χ1) is 5.77. The monoisotopic (exact) mass is 182 g/mol. The van der Waals surface area contributed by atoms with E-state index >= 15 is 0 Å². The molecule has 12 heavy (non-hydrogen) atoms. The van der Waals surface area contributed by atoms with Crippen LogP contribution < -0.4 is 0 Å². The van der Waals surface area contributed by atoms with Crippen LogP contribution in [0, 0.1) is 11.3 Å². The van der Waals surface area contributed by atoms with E-state index in [0.29, 0.717) is 11.2 Å². The van der Waals surface area contributed by atoms with Gasteiger partial charge in [0.15, 0.2) is 0 Å². The van der Waals surface area contributed by atoms with E-state index in [4.69, 9.17) is 0 Å². The quantitative estimate of drug-likeness (QED) is 0.562.